The van der Waals surface area contributed by atoms with Crippen LogP contribution in [0, 0.1) is 0 Å². The lowest BCUT2D eigenvalue weighted by Gasteiger charge is -2.33. The van der Waals surface area contributed by atoms with Gasteiger partial charge in [0.2, 0.25) is 0 Å². The third-order valence-electron chi connectivity index (χ3n) is 2.99. The Bertz CT molecular complexity index is 202. The molecule has 0 heterocycles. The van der Waals surface area contributed by atoms with Gasteiger partial charge in [-0.15, -0.1) is 0 Å². The molecule has 0 aliphatic heterocycles. The maximum Gasteiger partial charge on any atom is 0.317 e. The van der Waals surface area contributed by atoms with Crippen LogP contribution in [-0.4, -0.2) is 29.6 Å². The fraction of sp³-hybridized carbons (Fsp3) is 0.909. The Hall–Kier alpha value is -0.730. The molecule has 1 fully saturated rings. The summed E-state index contributed by atoms with van der Waals surface area (Å²) in [5.74, 6) is 0. The third kappa shape index (κ3) is 2.89. The van der Waals surface area contributed by atoms with Crippen LogP contribution in [0.3, 0.4) is 0 Å². The van der Waals surface area contributed by atoms with Crippen molar-refractivity contribution in [3.05, 3.63) is 0 Å². The second-order valence-electron chi connectivity index (χ2n) is 5.16. The maximum absolute atomic E-state index is 11.8. The van der Waals surface area contributed by atoms with Gasteiger partial charge in [-0.2, -0.15) is 0 Å². The molecule has 1 aliphatic rings. The van der Waals surface area contributed by atoms with E-state index in [1.807, 2.05) is 27.8 Å². The summed E-state index contributed by atoms with van der Waals surface area (Å²) in [6.07, 6.45) is 4.79. The van der Waals surface area contributed by atoms with Crippen LogP contribution in [0.4, 0.5) is 4.79 Å². The Morgan fingerprint density at radius 1 is 1.29 bits per heavy atom. The van der Waals surface area contributed by atoms with Gasteiger partial charge in [-0.3, -0.25) is 0 Å². The molecule has 82 valence electrons. The van der Waals surface area contributed by atoms with E-state index in [4.69, 9.17) is 0 Å². The molecule has 0 aromatic carbocycles. The summed E-state index contributed by atoms with van der Waals surface area (Å²) in [6, 6.07) is 0.469. The zero-order valence-electron chi connectivity index (χ0n) is 9.76. The molecule has 0 atom stereocenters. The highest BCUT2D eigenvalue weighted by atomic mass is 16.2. The molecule has 2 amide bonds. The number of carbonyl (C=O) groups excluding carboxylic acids is 1. The predicted molar refractivity (Wildman–Crippen MR) is 58.3 cm³/mol. The molecule has 0 saturated heterocycles. The summed E-state index contributed by atoms with van der Waals surface area (Å²) in [5, 5.41) is 3.07. The normalized spacial score (nSPS) is 18.3. The zero-order chi connectivity index (χ0) is 10.8. The first-order valence-electron chi connectivity index (χ1n) is 5.45. The predicted octanol–water partition coefficient (Wildman–Crippen LogP) is 2.37. The molecule has 0 unspecified atom stereocenters. The molecule has 3 heteroatoms. The zero-order valence-corrected chi connectivity index (χ0v) is 9.76. The molecule has 1 rings (SSSR count). The first-order valence-corrected chi connectivity index (χ1v) is 5.45. The highest BCUT2D eigenvalue weighted by Gasteiger charge is 2.25. The van der Waals surface area contributed by atoms with Crippen molar-refractivity contribution < 1.29 is 4.79 Å². The standard InChI is InChI=1S/C11H22N2O/c1-11(2,3)13(4)10(14)12-9-7-5-6-8-9/h9H,5-8H2,1-4H3,(H,12,14). The van der Waals surface area contributed by atoms with E-state index in [2.05, 4.69) is 5.32 Å². The molecule has 0 aromatic rings. The third-order valence-corrected chi connectivity index (χ3v) is 2.99. The van der Waals surface area contributed by atoms with Crippen molar-refractivity contribution in [2.24, 2.45) is 0 Å². The Kier molecular flexibility index (Phi) is 3.40. The van der Waals surface area contributed by atoms with Gasteiger partial charge in [-0.05, 0) is 33.6 Å². The van der Waals surface area contributed by atoms with E-state index in [1.165, 1.54) is 12.8 Å². The largest absolute Gasteiger partial charge is 0.335 e. The van der Waals surface area contributed by atoms with E-state index >= 15 is 0 Å². The lowest BCUT2D eigenvalue weighted by atomic mass is 10.1. The lowest BCUT2D eigenvalue weighted by Crippen LogP contribution is -2.50. The SMILES string of the molecule is CN(C(=O)NC1CCCC1)C(C)(C)C. The molecule has 1 N–H and O–H groups in total. The van der Waals surface area contributed by atoms with Gasteiger partial charge in [-0.1, -0.05) is 12.8 Å². The molecule has 0 spiro atoms. The Labute approximate surface area is 86.9 Å². The number of nitrogens with zero attached hydrogens (tertiary/aromatic N) is 1. The van der Waals surface area contributed by atoms with Crippen molar-refractivity contribution in [2.45, 2.75) is 58.0 Å². The summed E-state index contributed by atoms with van der Waals surface area (Å²) in [4.78, 5) is 13.5. The van der Waals surface area contributed by atoms with Gasteiger partial charge in [0, 0.05) is 18.6 Å². The van der Waals surface area contributed by atoms with Crippen LogP contribution >= 0.6 is 0 Å². The minimum atomic E-state index is -0.0946. The van der Waals surface area contributed by atoms with Crippen LogP contribution in [0.5, 0.6) is 0 Å². The van der Waals surface area contributed by atoms with E-state index in [-0.39, 0.29) is 11.6 Å². The van der Waals surface area contributed by atoms with Crippen molar-refractivity contribution in [1.29, 1.82) is 0 Å². The van der Waals surface area contributed by atoms with Crippen LogP contribution in [0.1, 0.15) is 46.5 Å². The molecular weight excluding hydrogens is 176 g/mol. The van der Waals surface area contributed by atoms with Gasteiger partial charge in [-0.25, -0.2) is 4.79 Å². The molecule has 1 aliphatic carbocycles. The number of amides is 2. The smallest absolute Gasteiger partial charge is 0.317 e. The van der Waals surface area contributed by atoms with E-state index in [1.54, 1.807) is 4.90 Å². The van der Waals surface area contributed by atoms with Crippen LogP contribution < -0.4 is 5.32 Å². The minimum absolute atomic E-state index is 0.0596. The Morgan fingerprint density at radius 3 is 2.21 bits per heavy atom. The quantitative estimate of drug-likeness (QED) is 0.689. The van der Waals surface area contributed by atoms with E-state index in [0.717, 1.165) is 12.8 Å². The minimum Gasteiger partial charge on any atom is -0.335 e. The number of nitrogens with one attached hydrogen (secondary N) is 1. The van der Waals surface area contributed by atoms with Crippen molar-refractivity contribution >= 4 is 6.03 Å². The highest BCUT2D eigenvalue weighted by Crippen LogP contribution is 2.18. The van der Waals surface area contributed by atoms with Crippen molar-refractivity contribution in [3.63, 3.8) is 0 Å². The van der Waals surface area contributed by atoms with Gasteiger partial charge >= 0.3 is 6.03 Å². The van der Waals surface area contributed by atoms with Gasteiger partial charge in [0.05, 0.1) is 0 Å². The number of rotatable bonds is 1. The molecule has 14 heavy (non-hydrogen) atoms. The summed E-state index contributed by atoms with van der Waals surface area (Å²) >= 11 is 0. The molecule has 0 bridgehead atoms. The molecular formula is C11H22N2O. The lowest BCUT2D eigenvalue weighted by molar-refractivity contribution is 0.162. The number of hydrogen-bond acceptors (Lipinski definition) is 1. The van der Waals surface area contributed by atoms with E-state index < -0.39 is 0 Å². The first kappa shape index (κ1) is 11.3. The van der Waals surface area contributed by atoms with Crippen LogP contribution in [0.25, 0.3) is 0 Å². The molecule has 0 aromatic heterocycles. The van der Waals surface area contributed by atoms with Crippen LogP contribution in [0.2, 0.25) is 0 Å². The van der Waals surface area contributed by atoms with Crippen molar-refractivity contribution in [1.82, 2.24) is 10.2 Å². The summed E-state index contributed by atoms with van der Waals surface area (Å²) in [5.41, 5.74) is -0.0946. The highest BCUT2D eigenvalue weighted by molar-refractivity contribution is 5.75. The summed E-state index contributed by atoms with van der Waals surface area (Å²) < 4.78 is 0. The number of hydrogen-bond donors (Lipinski definition) is 1. The average molecular weight is 198 g/mol. The fourth-order valence-corrected chi connectivity index (χ4v) is 1.65. The second-order valence-corrected chi connectivity index (χ2v) is 5.16. The molecule has 1 saturated carbocycles. The van der Waals surface area contributed by atoms with Crippen molar-refractivity contribution in [3.8, 4) is 0 Å². The fourth-order valence-electron chi connectivity index (χ4n) is 1.65. The van der Waals surface area contributed by atoms with E-state index in [9.17, 15) is 4.79 Å². The first-order chi connectivity index (χ1) is 6.41. The van der Waals surface area contributed by atoms with E-state index in [0.29, 0.717) is 6.04 Å². The average Bonchev–Trinajstić information content (AvgIpc) is 2.53. The monoisotopic (exact) mass is 198 g/mol. The second kappa shape index (κ2) is 4.20. The van der Waals surface area contributed by atoms with Crippen LogP contribution in [-0.2, 0) is 0 Å². The molecule has 3 nitrogen and oxygen atoms in total. The number of carbonyl (C=O) groups is 1. The van der Waals surface area contributed by atoms with Crippen LogP contribution in [0.15, 0.2) is 0 Å². The molecule has 0 radical (unpaired) electrons. The van der Waals surface area contributed by atoms with Gasteiger partial charge in [0.15, 0.2) is 0 Å². The van der Waals surface area contributed by atoms with Gasteiger partial charge < -0.3 is 10.2 Å². The Morgan fingerprint density at radius 2 is 1.79 bits per heavy atom. The van der Waals surface area contributed by atoms with Gasteiger partial charge in [0.1, 0.15) is 0 Å². The van der Waals surface area contributed by atoms with Crippen molar-refractivity contribution in [2.75, 3.05) is 7.05 Å². The summed E-state index contributed by atoms with van der Waals surface area (Å²) in [6.45, 7) is 6.13. The summed E-state index contributed by atoms with van der Waals surface area (Å²) in [7, 11) is 1.85. The number of urea groups is 1. The topological polar surface area (TPSA) is 32.3 Å². The Balaban J connectivity index is 2.41. The van der Waals surface area contributed by atoms with Gasteiger partial charge in [0.25, 0.3) is 0 Å². The maximum atomic E-state index is 11.8.